The maximum Gasteiger partial charge on any atom is 0.313 e. The van der Waals surface area contributed by atoms with Crippen LogP contribution < -0.4 is 0 Å². The van der Waals surface area contributed by atoms with Crippen LogP contribution in [0.25, 0.3) is 0 Å². The average molecular weight is 389 g/mol. The number of nitrogens with zero attached hydrogens (tertiary/aromatic N) is 1. The molecule has 144 valence electrons. The Kier molecular flexibility index (Phi) is 3.78. The highest BCUT2D eigenvalue weighted by Gasteiger charge is 2.71. The van der Waals surface area contributed by atoms with Gasteiger partial charge in [0.25, 0.3) is 0 Å². The van der Waals surface area contributed by atoms with E-state index in [1.165, 1.54) is 11.8 Å². The number of allylic oxidation sites excluding steroid dienone is 3. The van der Waals surface area contributed by atoms with Gasteiger partial charge in [0.05, 0.1) is 12.9 Å². The van der Waals surface area contributed by atoms with E-state index in [9.17, 15) is 14.7 Å². The first-order valence-corrected chi connectivity index (χ1v) is 10.4. The van der Waals surface area contributed by atoms with Gasteiger partial charge >= 0.3 is 5.97 Å². The minimum atomic E-state index is -0.856. The third-order valence-corrected chi connectivity index (χ3v) is 8.23. The second-order valence-corrected chi connectivity index (χ2v) is 9.24. The number of thioether (sulfide) groups is 1. The Morgan fingerprint density at radius 2 is 2.30 bits per heavy atom. The smallest absolute Gasteiger partial charge is 0.313 e. The zero-order chi connectivity index (χ0) is 18.9. The van der Waals surface area contributed by atoms with Crippen LogP contribution in [0.15, 0.2) is 34.7 Å². The highest BCUT2D eigenvalue weighted by Crippen LogP contribution is 2.68. The van der Waals surface area contributed by atoms with Gasteiger partial charge in [0.1, 0.15) is 5.76 Å². The van der Waals surface area contributed by atoms with Gasteiger partial charge in [-0.2, -0.15) is 0 Å². The fourth-order valence-electron chi connectivity index (χ4n) is 6.21. The second-order valence-electron chi connectivity index (χ2n) is 8.19. The van der Waals surface area contributed by atoms with Crippen molar-refractivity contribution in [2.24, 2.45) is 23.2 Å². The van der Waals surface area contributed by atoms with Gasteiger partial charge in [-0.1, -0.05) is 6.08 Å². The lowest BCUT2D eigenvalue weighted by atomic mass is 9.48. The Balaban J connectivity index is 1.66. The Labute approximate surface area is 162 Å². The van der Waals surface area contributed by atoms with Crippen molar-refractivity contribution in [2.75, 3.05) is 26.5 Å². The first-order valence-electron chi connectivity index (χ1n) is 9.40. The normalized spacial score (nSPS) is 41.8. The summed E-state index contributed by atoms with van der Waals surface area (Å²) in [6.07, 6.45) is 7.24. The van der Waals surface area contributed by atoms with Crippen molar-refractivity contribution in [1.82, 2.24) is 4.90 Å². The molecule has 2 unspecified atom stereocenters. The molecule has 0 aromatic heterocycles. The molecule has 3 fully saturated rings. The molecule has 7 heteroatoms. The third-order valence-electron chi connectivity index (χ3n) is 7.13. The maximum absolute atomic E-state index is 13.1. The lowest BCUT2D eigenvalue weighted by molar-refractivity contribution is -0.141. The topological polar surface area (TPSA) is 76.1 Å². The summed E-state index contributed by atoms with van der Waals surface area (Å²) in [5.41, 5.74) is -0.295. The summed E-state index contributed by atoms with van der Waals surface area (Å²) in [6.45, 7) is 0.924. The first kappa shape index (κ1) is 17.4. The van der Waals surface area contributed by atoms with Gasteiger partial charge < -0.3 is 19.5 Å². The van der Waals surface area contributed by atoms with Crippen LogP contribution in [0.5, 0.6) is 0 Å². The summed E-state index contributed by atoms with van der Waals surface area (Å²) >= 11 is 1.31. The third kappa shape index (κ3) is 2.18. The summed E-state index contributed by atoms with van der Waals surface area (Å²) in [4.78, 5) is 27.5. The van der Waals surface area contributed by atoms with Crippen LogP contribution in [0.1, 0.15) is 12.8 Å². The molecule has 0 aromatic carbocycles. The monoisotopic (exact) mass is 389 g/mol. The van der Waals surface area contributed by atoms with Gasteiger partial charge in [0.15, 0.2) is 17.6 Å². The second kappa shape index (κ2) is 5.88. The Hall–Kier alpha value is -1.73. The van der Waals surface area contributed by atoms with Crippen molar-refractivity contribution in [3.63, 3.8) is 0 Å². The number of carbonyl (C=O) groups is 2. The van der Waals surface area contributed by atoms with E-state index in [-0.39, 0.29) is 28.8 Å². The number of methoxy groups -OCH3 is 1. The number of carboxylic acid groups (broad SMARTS) is 1. The highest BCUT2D eigenvalue weighted by molar-refractivity contribution is 8.03. The molecule has 1 saturated carbocycles. The minimum absolute atomic E-state index is 0.0202. The quantitative estimate of drug-likeness (QED) is 0.788. The lowest BCUT2D eigenvalue weighted by Gasteiger charge is -2.60. The zero-order valence-corrected chi connectivity index (χ0v) is 16.2. The number of rotatable bonds is 4. The van der Waals surface area contributed by atoms with Crippen LogP contribution in [0.4, 0.5) is 0 Å². The molecule has 5 aliphatic rings. The van der Waals surface area contributed by atoms with E-state index < -0.39 is 12.1 Å². The van der Waals surface area contributed by atoms with E-state index >= 15 is 0 Å². The fourth-order valence-corrected chi connectivity index (χ4v) is 7.26. The molecule has 0 aromatic rings. The van der Waals surface area contributed by atoms with Crippen molar-refractivity contribution < 1.29 is 24.2 Å². The van der Waals surface area contributed by atoms with E-state index in [0.717, 1.165) is 35.8 Å². The maximum atomic E-state index is 13.1. The summed E-state index contributed by atoms with van der Waals surface area (Å²) < 4.78 is 11.9. The molecule has 6 nitrogen and oxygen atoms in total. The first-order chi connectivity index (χ1) is 13.0. The van der Waals surface area contributed by atoms with Gasteiger partial charge in [0, 0.05) is 23.3 Å². The molecule has 2 bridgehead atoms. The average Bonchev–Trinajstić information content (AvgIpc) is 2.99. The van der Waals surface area contributed by atoms with Gasteiger partial charge in [-0.25, -0.2) is 0 Å². The molecule has 0 amide bonds. The number of ketones is 1. The van der Waals surface area contributed by atoms with Crippen molar-refractivity contribution in [1.29, 1.82) is 0 Å². The predicted molar refractivity (Wildman–Crippen MR) is 99.8 cm³/mol. The minimum Gasteiger partial charge on any atom is -0.493 e. The van der Waals surface area contributed by atoms with E-state index in [1.54, 1.807) is 13.2 Å². The van der Waals surface area contributed by atoms with Crippen LogP contribution in [0.2, 0.25) is 0 Å². The Morgan fingerprint density at radius 3 is 3.04 bits per heavy atom. The number of likely N-dealkylation sites (tertiary alicyclic amines) is 1. The summed E-state index contributed by atoms with van der Waals surface area (Å²) in [6, 6.07) is 0.292. The predicted octanol–water partition coefficient (Wildman–Crippen LogP) is 2.04. The molecule has 2 aliphatic heterocycles. The van der Waals surface area contributed by atoms with Gasteiger partial charge in [0.2, 0.25) is 0 Å². The Bertz CT molecular complexity index is 817. The molecule has 3 aliphatic carbocycles. The molecule has 6 atom stereocenters. The van der Waals surface area contributed by atoms with Crippen molar-refractivity contribution >= 4 is 23.5 Å². The molecule has 27 heavy (non-hydrogen) atoms. The molecular formula is C20H23NO5S. The number of piperidine rings is 1. The Morgan fingerprint density at radius 1 is 1.48 bits per heavy atom. The summed E-state index contributed by atoms with van der Waals surface area (Å²) in [7, 11) is 3.78. The molecule has 5 rings (SSSR count). The van der Waals surface area contributed by atoms with E-state index in [4.69, 9.17) is 9.47 Å². The molecule has 2 saturated heterocycles. The SMILES string of the molecule is COC1=C2O[C@H]3C(=O)C=C(SCC(=O)O)[C@H]4[C@H]5CC(C=C1)C2[C@@]34CCN5C. The highest BCUT2D eigenvalue weighted by atomic mass is 32.2. The van der Waals surface area contributed by atoms with Crippen LogP contribution in [-0.2, 0) is 19.1 Å². The number of aliphatic carboxylic acids is 1. The molecule has 2 heterocycles. The van der Waals surface area contributed by atoms with Crippen LogP contribution in [-0.4, -0.2) is 60.4 Å². The van der Waals surface area contributed by atoms with E-state index in [0.29, 0.717) is 12.0 Å². The van der Waals surface area contributed by atoms with Gasteiger partial charge in [-0.15, -0.1) is 11.8 Å². The fraction of sp³-hybridized carbons (Fsp3) is 0.600. The van der Waals surface area contributed by atoms with Crippen molar-refractivity contribution in [3.05, 3.63) is 34.7 Å². The van der Waals surface area contributed by atoms with Crippen molar-refractivity contribution in [3.8, 4) is 0 Å². The van der Waals surface area contributed by atoms with Gasteiger partial charge in [-0.05, 0) is 49.4 Å². The van der Waals surface area contributed by atoms with E-state index in [2.05, 4.69) is 18.0 Å². The number of hydrogen-bond acceptors (Lipinski definition) is 6. The standard InChI is InChI=1S/C20H23NO5S/c1-21-6-5-20-16-10-3-4-13(25-2)18(16)26-19(20)12(22)8-14(27-9-15(23)24)17(20)11(21)7-10/h3-4,8,10-11,16-17,19H,5-7,9H2,1-2H3,(H,23,24)/t10?,11-,16?,17-,19+,20-/m1/s1. The van der Waals surface area contributed by atoms with Crippen LogP contribution >= 0.6 is 11.8 Å². The molecule has 1 N–H and O–H groups in total. The summed E-state index contributed by atoms with van der Waals surface area (Å²) in [5, 5.41) is 9.17. The van der Waals surface area contributed by atoms with Crippen LogP contribution in [0, 0.1) is 23.2 Å². The number of carboxylic acids is 1. The number of ether oxygens (including phenoxy) is 2. The summed E-state index contributed by atoms with van der Waals surface area (Å²) in [5.74, 6) is 1.24. The van der Waals surface area contributed by atoms with Crippen LogP contribution in [0.3, 0.4) is 0 Å². The molecular weight excluding hydrogens is 366 g/mol. The largest absolute Gasteiger partial charge is 0.493 e. The van der Waals surface area contributed by atoms with Gasteiger partial charge in [-0.3, -0.25) is 9.59 Å². The van der Waals surface area contributed by atoms with E-state index in [1.807, 2.05) is 6.08 Å². The van der Waals surface area contributed by atoms with Crippen molar-refractivity contribution in [2.45, 2.75) is 25.0 Å². The molecule has 1 spiro atoms. The number of hydrogen-bond donors (Lipinski definition) is 1. The molecule has 0 radical (unpaired) electrons. The zero-order valence-electron chi connectivity index (χ0n) is 15.4. The number of carbonyl (C=O) groups excluding carboxylic acids is 1. The lowest BCUT2D eigenvalue weighted by Crippen LogP contribution is -2.65.